The second-order valence-electron chi connectivity index (χ2n) is 7.06. The zero-order valence-corrected chi connectivity index (χ0v) is 18.1. The summed E-state index contributed by atoms with van der Waals surface area (Å²) in [5.74, 6) is -0.965. The number of thiol groups is 1. The van der Waals surface area contributed by atoms with Crippen molar-refractivity contribution in [3.63, 3.8) is 0 Å². The van der Waals surface area contributed by atoms with Crippen molar-refractivity contribution < 1.29 is 27.4 Å². The summed E-state index contributed by atoms with van der Waals surface area (Å²) in [6, 6.07) is 3.98. The Kier molecular flexibility index (Phi) is 6.03. The van der Waals surface area contributed by atoms with Crippen molar-refractivity contribution >= 4 is 49.9 Å². The van der Waals surface area contributed by atoms with E-state index in [0.717, 1.165) is 11.3 Å². The molecule has 31 heavy (non-hydrogen) atoms. The lowest BCUT2D eigenvalue weighted by atomic mass is 10.1. The molecule has 2 N–H and O–H groups in total. The minimum Gasteiger partial charge on any atom is -0.487 e. The molecule has 3 aromatic rings. The summed E-state index contributed by atoms with van der Waals surface area (Å²) in [4.78, 5) is 20.6. The van der Waals surface area contributed by atoms with Crippen molar-refractivity contribution in [2.24, 2.45) is 0 Å². The number of carboxylic acids is 1. The monoisotopic (exact) mass is 466 g/mol. The van der Waals surface area contributed by atoms with E-state index < -0.39 is 28.8 Å². The summed E-state index contributed by atoms with van der Waals surface area (Å²) in [5.41, 5.74) is 0.954. The van der Waals surface area contributed by atoms with Crippen molar-refractivity contribution in [1.82, 2.24) is 14.3 Å². The topological polar surface area (TPSA) is 122 Å². The maximum absolute atomic E-state index is 14.0. The van der Waals surface area contributed by atoms with E-state index in [0.29, 0.717) is 46.7 Å². The van der Waals surface area contributed by atoms with E-state index in [-0.39, 0.29) is 17.2 Å². The Hall–Kier alpha value is -2.83. The van der Waals surface area contributed by atoms with Gasteiger partial charge in [0.05, 0.1) is 17.6 Å². The number of aromatic nitrogens is 2. The summed E-state index contributed by atoms with van der Waals surface area (Å²) >= 11 is 1.05. The van der Waals surface area contributed by atoms with Gasteiger partial charge in [0, 0.05) is 12.6 Å². The zero-order valence-electron chi connectivity index (χ0n) is 16.4. The Morgan fingerprint density at radius 1 is 1.39 bits per heavy atom. The lowest BCUT2D eigenvalue weighted by Crippen LogP contribution is -2.40. The predicted octanol–water partition coefficient (Wildman–Crippen LogP) is 2.95. The van der Waals surface area contributed by atoms with Gasteiger partial charge in [-0.05, 0) is 37.5 Å². The molecule has 3 heterocycles. The summed E-state index contributed by atoms with van der Waals surface area (Å²) in [6.45, 7) is 2.31. The maximum atomic E-state index is 14.0. The molecular formula is C19H19FN4O5S2. The van der Waals surface area contributed by atoms with Gasteiger partial charge in [0.15, 0.2) is 0 Å². The van der Waals surface area contributed by atoms with Crippen LogP contribution in [-0.4, -0.2) is 53.0 Å². The molecule has 0 spiro atoms. The van der Waals surface area contributed by atoms with E-state index >= 15 is 0 Å². The molecule has 0 saturated carbocycles. The number of aryl methyl sites for hydroxylation is 1. The van der Waals surface area contributed by atoms with Crippen LogP contribution in [-0.2, 0) is 10.9 Å². The Morgan fingerprint density at radius 3 is 2.94 bits per heavy atom. The maximum Gasteiger partial charge on any atom is 0.346 e. The second kappa shape index (κ2) is 8.73. The Morgan fingerprint density at radius 2 is 2.19 bits per heavy atom. The highest BCUT2D eigenvalue weighted by Gasteiger charge is 2.24. The number of piperidine rings is 1. The van der Waals surface area contributed by atoms with Gasteiger partial charge in [0.1, 0.15) is 39.5 Å². The molecule has 1 fully saturated rings. The van der Waals surface area contributed by atoms with Crippen LogP contribution in [0, 0.1) is 12.7 Å². The third-order valence-electron chi connectivity index (χ3n) is 5.00. The first-order chi connectivity index (χ1) is 14.8. The van der Waals surface area contributed by atoms with Gasteiger partial charge in [-0.25, -0.2) is 31.9 Å². The highest BCUT2D eigenvalue weighted by atomic mass is 32.2. The van der Waals surface area contributed by atoms with E-state index in [1.54, 1.807) is 6.92 Å². The van der Waals surface area contributed by atoms with Gasteiger partial charge >= 0.3 is 5.97 Å². The number of ether oxygens (including phenoxy) is 1. The standard InChI is InChI=1S/C19H19FN4O5S2/c1-10-15-17(21-9-22-18(15)30-16(10)19(25)26)23-13-5-4-11(20)7-14(13)29-12-3-2-6-24(8-12)31(27)28/h4-5,7,9,12,31H,2-3,6,8H2,1H3,(H,25,26)(H,21,22,23)/t12-/m0/s1. The molecule has 1 atom stereocenters. The fourth-order valence-electron chi connectivity index (χ4n) is 3.54. The number of anilines is 2. The Bertz CT molecular complexity index is 1220. The Balaban J connectivity index is 1.66. The molecule has 4 rings (SSSR count). The van der Waals surface area contributed by atoms with Crippen molar-refractivity contribution in [1.29, 1.82) is 0 Å². The molecule has 0 aliphatic carbocycles. The van der Waals surface area contributed by atoms with Gasteiger partial charge < -0.3 is 15.2 Å². The molecule has 1 aliphatic rings. The highest BCUT2D eigenvalue weighted by Crippen LogP contribution is 2.37. The van der Waals surface area contributed by atoms with Crippen molar-refractivity contribution in [3.05, 3.63) is 40.8 Å². The van der Waals surface area contributed by atoms with Crippen LogP contribution >= 0.6 is 11.3 Å². The number of benzene rings is 1. The number of thiophene rings is 1. The van der Waals surface area contributed by atoms with E-state index in [4.69, 9.17) is 4.74 Å². The summed E-state index contributed by atoms with van der Waals surface area (Å²) < 4.78 is 43.8. The molecular weight excluding hydrogens is 447 g/mol. The number of nitrogens with one attached hydrogen (secondary N) is 1. The average Bonchev–Trinajstić information content (AvgIpc) is 3.08. The number of hydrogen-bond acceptors (Lipinski definition) is 8. The van der Waals surface area contributed by atoms with E-state index in [1.165, 1.54) is 28.8 Å². The number of carbonyl (C=O) groups is 1. The lowest BCUT2D eigenvalue weighted by Gasteiger charge is -2.29. The van der Waals surface area contributed by atoms with Crippen LogP contribution in [0.4, 0.5) is 15.9 Å². The van der Waals surface area contributed by atoms with Crippen LogP contribution in [0.2, 0.25) is 0 Å². The van der Waals surface area contributed by atoms with Gasteiger partial charge in [0.2, 0.25) is 10.9 Å². The fourth-order valence-corrected chi connectivity index (χ4v) is 5.15. The van der Waals surface area contributed by atoms with Crippen LogP contribution in [0.15, 0.2) is 24.5 Å². The molecule has 0 bridgehead atoms. The molecule has 0 unspecified atom stereocenters. The quantitative estimate of drug-likeness (QED) is 0.474. The van der Waals surface area contributed by atoms with Crippen LogP contribution in [0.5, 0.6) is 5.75 Å². The van der Waals surface area contributed by atoms with Gasteiger partial charge in [-0.3, -0.25) is 0 Å². The minimum absolute atomic E-state index is 0.170. The van der Waals surface area contributed by atoms with Gasteiger partial charge in [-0.15, -0.1) is 11.3 Å². The molecule has 2 aromatic heterocycles. The van der Waals surface area contributed by atoms with E-state index in [1.807, 2.05) is 0 Å². The minimum atomic E-state index is -2.70. The molecule has 0 radical (unpaired) electrons. The van der Waals surface area contributed by atoms with Crippen LogP contribution < -0.4 is 10.1 Å². The lowest BCUT2D eigenvalue weighted by molar-refractivity contribution is 0.0701. The first-order valence-electron chi connectivity index (χ1n) is 9.43. The first kappa shape index (κ1) is 21.4. The molecule has 1 aromatic carbocycles. The summed E-state index contributed by atoms with van der Waals surface area (Å²) in [7, 11) is -2.70. The largest absolute Gasteiger partial charge is 0.487 e. The smallest absolute Gasteiger partial charge is 0.346 e. The summed E-state index contributed by atoms with van der Waals surface area (Å²) in [5, 5.41) is 13.1. The van der Waals surface area contributed by atoms with Crippen LogP contribution in [0.1, 0.15) is 28.1 Å². The van der Waals surface area contributed by atoms with Crippen LogP contribution in [0.3, 0.4) is 0 Å². The van der Waals surface area contributed by atoms with Gasteiger partial charge in [0.25, 0.3) is 0 Å². The number of nitrogens with zero attached hydrogens (tertiary/aromatic N) is 3. The number of carboxylic acid groups (broad SMARTS) is 1. The Labute approximate surface area is 182 Å². The van der Waals surface area contributed by atoms with Crippen molar-refractivity contribution in [3.8, 4) is 5.75 Å². The molecule has 0 amide bonds. The van der Waals surface area contributed by atoms with Crippen molar-refractivity contribution in [2.75, 3.05) is 18.4 Å². The normalized spacial score (nSPS) is 17.2. The van der Waals surface area contributed by atoms with E-state index in [2.05, 4.69) is 15.3 Å². The molecule has 164 valence electrons. The number of hydrogen-bond donors (Lipinski definition) is 3. The van der Waals surface area contributed by atoms with Gasteiger partial charge in [-0.1, -0.05) is 0 Å². The number of aromatic carboxylic acids is 1. The second-order valence-corrected chi connectivity index (χ2v) is 9.10. The number of rotatable bonds is 6. The molecule has 1 saturated heterocycles. The van der Waals surface area contributed by atoms with Crippen molar-refractivity contribution in [2.45, 2.75) is 25.9 Å². The highest BCUT2D eigenvalue weighted by molar-refractivity contribution is 7.69. The SMILES string of the molecule is Cc1c(C(=O)O)sc2ncnc(Nc3ccc(F)cc3O[C@H]3CCCN([SH](=O)=O)C3)c12. The number of halogens is 1. The average molecular weight is 467 g/mol. The third-order valence-corrected chi connectivity index (χ3v) is 7.01. The van der Waals surface area contributed by atoms with E-state index in [9.17, 15) is 22.7 Å². The fraction of sp³-hybridized carbons (Fsp3) is 0.316. The third kappa shape index (κ3) is 4.45. The predicted molar refractivity (Wildman–Crippen MR) is 114 cm³/mol. The molecule has 9 nitrogen and oxygen atoms in total. The number of fused-ring (bicyclic) bond motifs is 1. The van der Waals surface area contributed by atoms with Crippen LogP contribution in [0.25, 0.3) is 10.2 Å². The molecule has 12 heteroatoms. The molecule has 1 aliphatic heterocycles. The summed E-state index contributed by atoms with van der Waals surface area (Å²) in [6.07, 6.45) is 2.18. The first-order valence-corrected chi connectivity index (χ1v) is 11.4. The zero-order chi connectivity index (χ0) is 22.1. The van der Waals surface area contributed by atoms with Gasteiger partial charge in [-0.2, -0.15) is 0 Å².